The van der Waals surface area contributed by atoms with Gasteiger partial charge in [-0.15, -0.1) is 0 Å². The highest BCUT2D eigenvalue weighted by Crippen LogP contribution is 2.32. The van der Waals surface area contributed by atoms with Gasteiger partial charge in [-0.25, -0.2) is 4.79 Å². The molecule has 0 bridgehead atoms. The number of aliphatic hydroxyl groups excluding tert-OH is 1. The van der Waals surface area contributed by atoms with Crippen LogP contribution >= 0.6 is 0 Å². The summed E-state index contributed by atoms with van der Waals surface area (Å²) in [5, 5.41) is 24.3. The number of hydrogen-bond donors (Lipinski definition) is 5. The minimum atomic E-state index is -1.68. The van der Waals surface area contributed by atoms with Crippen LogP contribution in [0.25, 0.3) is 6.08 Å². The van der Waals surface area contributed by atoms with E-state index in [0.29, 0.717) is 16.9 Å². The van der Waals surface area contributed by atoms with Crippen molar-refractivity contribution in [1.29, 1.82) is 0 Å². The summed E-state index contributed by atoms with van der Waals surface area (Å²) in [6, 6.07) is 18.3. The van der Waals surface area contributed by atoms with Crippen molar-refractivity contribution in [2.75, 3.05) is 11.4 Å². The van der Waals surface area contributed by atoms with Gasteiger partial charge in [0.05, 0.1) is 0 Å². The number of para-hydroxylation sites is 1. The molecule has 1 saturated heterocycles. The van der Waals surface area contributed by atoms with E-state index in [1.165, 1.54) is 53.1 Å². The highest BCUT2D eigenvalue weighted by atomic mass is 16.4. The van der Waals surface area contributed by atoms with Gasteiger partial charge in [-0.2, -0.15) is 0 Å². The summed E-state index contributed by atoms with van der Waals surface area (Å²) in [6.45, 7) is 6.71. The summed E-state index contributed by atoms with van der Waals surface area (Å²) < 4.78 is 0. The normalized spacial score (nSPS) is 17.1. The van der Waals surface area contributed by atoms with Crippen LogP contribution in [0.4, 0.5) is 11.4 Å². The zero-order valence-corrected chi connectivity index (χ0v) is 28.2. The number of carbonyl (C=O) groups excluding carboxylic acids is 5. The molecule has 1 heterocycles. The van der Waals surface area contributed by atoms with Crippen molar-refractivity contribution in [3.05, 3.63) is 102 Å². The third kappa shape index (κ3) is 8.99. The van der Waals surface area contributed by atoms with E-state index >= 15 is 0 Å². The second-order valence-corrected chi connectivity index (χ2v) is 13.1. The number of carboxylic acids is 1. The lowest BCUT2D eigenvalue weighted by atomic mass is 9.85. The topological polar surface area (TPSA) is 199 Å². The van der Waals surface area contributed by atoms with E-state index in [-0.39, 0.29) is 30.0 Å². The van der Waals surface area contributed by atoms with Crippen LogP contribution in [0.5, 0.6) is 0 Å². The molecule has 13 nitrogen and oxygen atoms in total. The number of carboxylic acid groups (broad SMARTS) is 1. The molecule has 1 aliphatic heterocycles. The number of benzene rings is 3. The second kappa shape index (κ2) is 15.6. The van der Waals surface area contributed by atoms with Crippen molar-refractivity contribution in [2.24, 2.45) is 11.1 Å². The van der Waals surface area contributed by atoms with E-state index in [9.17, 15) is 33.9 Å². The number of anilines is 2. The van der Waals surface area contributed by atoms with Gasteiger partial charge in [-0.1, -0.05) is 63.2 Å². The number of carbonyl (C=O) groups is 6. The van der Waals surface area contributed by atoms with Gasteiger partial charge in [0.2, 0.25) is 23.6 Å². The van der Waals surface area contributed by atoms with E-state index in [1.54, 1.807) is 75.4 Å². The molecule has 50 heavy (non-hydrogen) atoms. The van der Waals surface area contributed by atoms with Gasteiger partial charge in [0.15, 0.2) is 6.10 Å². The molecule has 1 aliphatic rings. The highest BCUT2D eigenvalue weighted by molar-refractivity contribution is 6.06. The number of aliphatic hydroxyl groups is 1. The molecule has 0 radical (unpaired) electrons. The summed E-state index contributed by atoms with van der Waals surface area (Å²) >= 11 is 0. The molecule has 5 amide bonds. The van der Waals surface area contributed by atoms with E-state index in [4.69, 9.17) is 10.8 Å². The number of hydrogen-bond acceptors (Lipinski definition) is 7. The molecule has 0 aromatic heterocycles. The van der Waals surface area contributed by atoms with Crippen LogP contribution in [0.2, 0.25) is 0 Å². The maximum absolute atomic E-state index is 14.5. The fraction of sp³-hybridized carbons (Fsp3) is 0.297. The predicted octanol–water partition coefficient (Wildman–Crippen LogP) is 2.92. The van der Waals surface area contributed by atoms with Gasteiger partial charge in [0.25, 0.3) is 5.91 Å². The summed E-state index contributed by atoms with van der Waals surface area (Å²) in [7, 11) is 0. The zero-order chi connectivity index (χ0) is 36.7. The Bertz CT molecular complexity index is 1770. The van der Waals surface area contributed by atoms with Gasteiger partial charge in [-0.05, 0) is 65.4 Å². The summed E-state index contributed by atoms with van der Waals surface area (Å²) in [6.07, 6.45) is 1.15. The molecule has 13 heteroatoms. The van der Waals surface area contributed by atoms with Crippen LogP contribution in [0.15, 0.2) is 84.9 Å². The van der Waals surface area contributed by atoms with Crippen molar-refractivity contribution in [2.45, 2.75) is 58.3 Å². The molecule has 0 saturated carbocycles. The SMILES string of the molecule is CC(=O)NC1CC(C(=O)N(c2ccccc2)c2ccc(C(N)=O)cc2)N(C(=O)C(NC(=O)/C=C/c2ccc(C(O)C(=O)O)cc2)C(C)(C)C)C1. The molecule has 3 aromatic rings. The Morgan fingerprint density at radius 1 is 0.920 bits per heavy atom. The Hall–Kier alpha value is -5.82. The number of nitrogens with one attached hydrogen (secondary N) is 2. The molecule has 0 aliphatic carbocycles. The van der Waals surface area contributed by atoms with E-state index < -0.39 is 59.2 Å². The van der Waals surface area contributed by atoms with E-state index in [2.05, 4.69) is 10.6 Å². The Morgan fingerprint density at radius 3 is 2.06 bits per heavy atom. The molecule has 4 unspecified atom stereocenters. The Morgan fingerprint density at radius 2 is 1.52 bits per heavy atom. The van der Waals surface area contributed by atoms with Crippen molar-refractivity contribution in [3.63, 3.8) is 0 Å². The quantitative estimate of drug-likeness (QED) is 0.190. The third-order valence-corrected chi connectivity index (χ3v) is 8.23. The Kier molecular flexibility index (Phi) is 11.5. The number of primary amides is 1. The van der Waals surface area contributed by atoms with Crippen LogP contribution < -0.4 is 21.3 Å². The maximum atomic E-state index is 14.5. The summed E-state index contributed by atoms with van der Waals surface area (Å²) in [5.74, 6) is -3.90. The molecular formula is C37H41N5O8. The first-order chi connectivity index (χ1) is 23.6. The van der Waals surface area contributed by atoms with Crippen molar-refractivity contribution in [1.82, 2.24) is 15.5 Å². The first-order valence-corrected chi connectivity index (χ1v) is 15.9. The molecule has 262 valence electrons. The number of nitrogens with zero attached hydrogens (tertiary/aromatic N) is 2. The Balaban J connectivity index is 1.63. The molecule has 6 N–H and O–H groups in total. The number of amides is 5. The third-order valence-electron chi connectivity index (χ3n) is 8.23. The molecule has 4 atom stereocenters. The second-order valence-electron chi connectivity index (χ2n) is 13.1. The average molecular weight is 684 g/mol. The van der Waals surface area contributed by atoms with Crippen LogP contribution in [-0.2, 0) is 24.0 Å². The molecule has 1 fully saturated rings. The molecule has 3 aromatic carbocycles. The lowest BCUT2D eigenvalue weighted by Gasteiger charge is -2.36. The highest BCUT2D eigenvalue weighted by Gasteiger charge is 2.46. The Labute approximate surface area is 289 Å². The molecule has 0 spiro atoms. The zero-order valence-electron chi connectivity index (χ0n) is 28.2. The summed E-state index contributed by atoms with van der Waals surface area (Å²) in [4.78, 5) is 79.8. The molecule has 4 rings (SSSR count). The predicted molar refractivity (Wildman–Crippen MR) is 186 cm³/mol. The van der Waals surface area contributed by atoms with Gasteiger partial charge < -0.3 is 31.5 Å². The first-order valence-electron chi connectivity index (χ1n) is 15.9. The fourth-order valence-corrected chi connectivity index (χ4v) is 5.72. The number of aliphatic carboxylic acids is 1. The van der Waals surface area contributed by atoms with Gasteiger partial charge >= 0.3 is 5.97 Å². The first kappa shape index (κ1) is 37.0. The minimum Gasteiger partial charge on any atom is -0.479 e. The number of rotatable bonds is 11. The van der Waals surface area contributed by atoms with Crippen molar-refractivity contribution in [3.8, 4) is 0 Å². The molecular weight excluding hydrogens is 642 g/mol. The van der Waals surface area contributed by atoms with Crippen molar-refractivity contribution < 1.29 is 39.0 Å². The standard InChI is InChI=1S/C37H41N5O8/c1-22(43)39-26-20-29(34(47)42(27-8-6-5-7-9-27)28-17-15-25(16-18-28)33(38)46)41(21-26)35(48)32(37(2,3)4)40-30(44)19-12-23-10-13-24(14-11-23)31(45)36(49)50/h5-19,26,29,31-32,45H,20-21H2,1-4H3,(H2,38,46)(H,39,43)(H,40,44)(H,49,50)/b19-12+. The van der Waals surface area contributed by atoms with Crippen LogP contribution in [0.3, 0.4) is 0 Å². The maximum Gasteiger partial charge on any atom is 0.337 e. The number of nitrogens with two attached hydrogens (primary N) is 1. The van der Waals surface area contributed by atoms with Gasteiger partial charge in [0.1, 0.15) is 12.1 Å². The summed E-state index contributed by atoms with van der Waals surface area (Å²) in [5.41, 5.74) is 6.54. The van der Waals surface area contributed by atoms with Crippen molar-refractivity contribution >= 4 is 53.0 Å². The van der Waals surface area contributed by atoms with Gasteiger partial charge in [0, 0.05) is 42.5 Å². The smallest absolute Gasteiger partial charge is 0.337 e. The monoisotopic (exact) mass is 683 g/mol. The average Bonchev–Trinajstić information content (AvgIpc) is 3.49. The van der Waals surface area contributed by atoms with E-state index in [1.807, 2.05) is 0 Å². The number of likely N-dealkylation sites (tertiary alicyclic amines) is 1. The lowest BCUT2D eigenvalue weighted by molar-refractivity contribution is -0.147. The fourth-order valence-electron chi connectivity index (χ4n) is 5.72. The van der Waals surface area contributed by atoms with Crippen LogP contribution in [0, 0.1) is 5.41 Å². The van der Waals surface area contributed by atoms with E-state index in [0.717, 1.165) is 0 Å². The van der Waals surface area contributed by atoms with Gasteiger partial charge in [-0.3, -0.25) is 28.9 Å². The lowest BCUT2D eigenvalue weighted by Crippen LogP contribution is -2.57. The largest absolute Gasteiger partial charge is 0.479 e. The minimum absolute atomic E-state index is 0.0187. The van der Waals surface area contributed by atoms with Crippen LogP contribution in [-0.4, -0.2) is 75.3 Å². The van der Waals surface area contributed by atoms with Crippen LogP contribution in [0.1, 0.15) is 61.7 Å².